The Kier molecular flexibility index (Phi) is 4.11. The maximum Gasteiger partial charge on any atom is 0.108 e. The Morgan fingerprint density at radius 1 is 1.24 bits per heavy atom. The molecule has 1 aliphatic heterocycles. The highest BCUT2D eigenvalue weighted by atomic mass is 15.3. The number of hydrogen-bond acceptors (Lipinski definition) is 2. The van der Waals surface area contributed by atoms with E-state index in [1.807, 2.05) is 0 Å². The van der Waals surface area contributed by atoms with E-state index in [1.54, 1.807) is 0 Å². The predicted molar refractivity (Wildman–Crippen MR) is 73.6 cm³/mol. The fourth-order valence-corrected chi connectivity index (χ4v) is 2.65. The molecule has 0 spiro atoms. The average Bonchev–Trinajstić information content (AvgIpc) is 2.63. The van der Waals surface area contributed by atoms with Crippen LogP contribution in [0.25, 0.3) is 0 Å². The molecule has 3 heteroatoms. The topological polar surface area (TPSA) is 11.4 Å². The summed E-state index contributed by atoms with van der Waals surface area (Å²) < 4.78 is 2.22. The lowest BCUT2D eigenvalue weighted by atomic mass is 10.2. The monoisotopic (exact) mass is 235 g/mol. The van der Waals surface area contributed by atoms with Gasteiger partial charge in [0.05, 0.1) is 0 Å². The molecule has 0 aromatic carbocycles. The van der Waals surface area contributed by atoms with Crippen LogP contribution in [0, 0.1) is 0 Å². The summed E-state index contributed by atoms with van der Waals surface area (Å²) in [4.78, 5) is 5.14. The summed E-state index contributed by atoms with van der Waals surface area (Å²) >= 11 is 0. The molecule has 0 amide bonds. The zero-order valence-electron chi connectivity index (χ0n) is 11.4. The van der Waals surface area contributed by atoms with Gasteiger partial charge in [-0.05, 0) is 31.9 Å². The molecule has 1 atom stereocenters. The van der Waals surface area contributed by atoms with Crippen LogP contribution in [0.1, 0.15) is 26.7 Å². The first kappa shape index (κ1) is 12.5. The van der Waals surface area contributed by atoms with Crippen LogP contribution in [0.4, 0.5) is 5.82 Å². The fraction of sp³-hybridized carbons (Fsp3) is 0.714. The maximum absolute atomic E-state index is 2.63. The number of rotatable bonds is 3. The molecule has 0 saturated carbocycles. The van der Waals surface area contributed by atoms with E-state index in [2.05, 4.69) is 53.6 Å². The Balaban J connectivity index is 1.99. The van der Waals surface area contributed by atoms with Gasteiger partial charge in [0, 0.05) is 45.5 Å². The Hall–Kier alpha value is -0.960. The molecule has 96 valence electrons. The van der Waals surface area contributed by atoms with Crippen molar-refractivity contribution in [3.63, 3.8) is 0 Å². The second kappa shape index (κ2) is 5.58. The van der Waals surface area contributed by atoms with Gasteiger partial charge in [-0.1, -0.05) is 6.92 Å². The van der Waals surface area contributed by atoms with Gasteiger partial charge in [0.1, 0.15) is 5.82 Å². The maximum atomic E-state index is 2.63. The van der Waals surface area contributed by atoms with E-state index >= 15 is 0 Å². The molecule has 0 bridgehead atoms. The minimum absolute atomic E-state index is 0.725. The van der Waals surface area contributed by atoms with Crippen LogP contribution < -0.4 is 4.90 Å². The van der Waals surface area contributed by atoms with Gasteiger partial charge >= 0.3 is 0 Å². The highest BCUT2D eigenvalue weighted by Gasteiger charge is 2.19. The summed E-state index contributed by atoms with van der Waals surface area (Å²) in [5.41, 5.74) is 0. The van der Waals surface area contributed by atoms with E-state index in [0.717, 1.165) is 12.6 Å². The fourth-order valence-electron chi connectivity index (χ4n) is 2.65. The average molecular weight is 235 g/mol. The van der Waals surface area contributed by atoms with E-state index in [9.17, 15) is 0 Å². The van der Waals surface area contributed by atoms with Crippen molar-refractivity contribution in [1.29, 1.82) is 0 Å². The third-order valence-corrected chi connectivity index (χ3v) is 3.98. The van der Waals surface area contributed by atoms with Gasteiger partial charge < -0.3 is 9.47 Å². The summed E-state index contributed by atoms with van der Waals surface area (Å²) in [5, 5.41) is 0. The second-order valence-corrected chi connectivity index (χ2v) is 5.11. The zero-order chi connectivity index (χ0) is 12.3. The van der Waals surface area contributed by atoms with Crippen LogP contribution >= 0.6 is 0 Å². The van der Waals surface area contributed by atoms with Gasteiger partial charge in [-0.3, -0.25) is 4.90 Å². The minimum atomic E-state index is 0.725. The van der Waals surface area contributed by atoms with Crippen LogP contribution in [0.2, 0.25) is 0 Å². The number of anilines is 1. The van der Waals surface area contributed by atoms with Crippen LogP contribution in [-0.4, -0.2) is 41.7 Å². The first-order chi connectivity index (χ1) is 8.22. The molecule has 1 unspecified atom stereocenters. The van der Waals surface area contributed by atoms with Crippen molar-refractivity contribution in [2.24, 2.45) is 7.05 Å². The molecular weight excluding hydrogens is 210 g/mol. The third-order valence-electron chi connectivity index (χ3n) is 3.98. The summed E-state index contributed by atoms with van der Waals surface area (Å²) in [7, 11) is 2.13. The Morgan fingerprint density at radius 2 is 2.06 bits per heavy atom. The van der Waals surface area contributed by atoms with Crippen molar-refractivity contribution in [3.8, 4) is 0 Å². The summed E-state index contributed by atoms with van der Waals surface area (Å²) in [6.45, 7) is 9.41. The van der Waals surface area contributed by atoms with Gasteiger partial charge in [-0.2, -0.15) is 0 Å². The van der Waals surface area contributed by atoms with E-state index in [-0.39, 0.29) is 0 Å². The van der Waals surface area contributed by atoms with Crippen LogP contribution in [0.15, 0.2) is 18.3 Å². The number of aromatic nitrogens is 1. The molecule has 2 heterocycles. The Morgan fingerprint density at radius 3 is 2.71 bits per heavy atom. The molecule has 0 N–H and O–H groups in total. The van der Waals surface area contributed by atoms with E-state index in [4.69, 9.17) is 0 Å². The van der Waals surface area contributed by atoms with Gasteiger partial charge in [0.25, 0.3) is 0 Å². The van der Waals surface area contributed by atoms with Crippen LogP contribution in [0.3, 0.4) is 0 Å². The number of nitrogens with zero attached hydrogens (tertiary/aromatic N) is 3. The molecule has 1 aliphatic rings. The van der Waals surface area contributed by atoms with Gasteiger partial charge in [-0.25, -0.2) is 0 Å². The highest BCUT2D eigenvalue weighted by molar-refractivity contribution is 5.40. The quantitative estimate of drug-likeness (QED) is 0.796. The number of aryl methyl sites for hydroxylation is 1. The smallest absolute Gasteiger partial charge is 0.108 e. The van der Waals surface area contributed by atoms with Crippen molar-refractivity contribution in [1.82, 2.24) is 9.47 Å². The van der Waals surface area contributed by atoms with Gasteiger partial charge in [0.2, 0.25) is 0 Å². The summed E-state index contributed by atoms with van der Waals surface area (Å²) in [5.74, 6) is 1.36. The molecular formula is C14H25N3. The lowest BCUT2D eigenvalue weighted by molar-refractivity contribution is 0.218. The van der Waals surface area contributed by atoms with E-state index < -0.39 is 0 Å². The molecule has 1 fully saturated rings. The van der Waals surface area contributed by atoms with Gasteiger partial charge in [-0.15, -0.1) is 0 Å². The largest absolute Gasteiger partial charge is 0.357 e. The first-order valence-corrected chi connectivity index (χ1v) is 6.82. The molecule has 1 saturated heterocycles. The predicted octanol–water partition coefficient (Wildman–Crippen LogP) is 2.34. The van der Waals surface area contributed by atoms with Crippen LogP contribution in [0.5, 0.6) is 0 Å². The molecule has 2 rings (SSSR count). The molecule has 3 nitrogen and oxygen atoms in total. The molecule has 0 radical (unpaired) electrons. The summed E-state index contributed by atoms with van der Waals surface area (Å²) in [6, 6.07) is 5.08. The van der Waals surface area contributed by atoms with Crippen molar-refractivity contribution in [2.75, 3.05) is 31.1 Å². The normalized spacial score (nSPS) is 20.3. The van der Waals surface area contributed by atoms with Gasteiger partial charge in [0.15, 0.2) is 0 Å². The Bertz CT molecular complexity index is 345. The zero-order valence-corrected chi connectivity index (χ0v) is 11.4. The van der Waals surface area contributed by atoms with E-state index in [0.29, 0.717) is 0 Å². The highest BCUT2D eigenvalue weighted by Crippen LogP contribution is 2.17. The lowest BCUT2D eigenvalue weighted by Gasteiger charge is -2.27. The molecule has 0 aliphatic carbocycles. The third kappa shape index (κ3) is 2.83. The van der Waals surface area contributed by atoms with Crippen molar-refractivity contribution < 1.29 is 0 Å². The lowest BCUT2D eigenvalue weighted by Crippen LogP contribution is -2.36. The standard InChI is InChI=1S/C14H25N3/c1-4-13(2)16-9-6-10-17(12-11-16)14-7-5-8-15(14)3/h5,7-8,13H,4,6,9-12H2,1-3H3. The summed E-state index contributed by atoms with van der Waals surface area (Å²) in [6.07, 6.45) is 4.66. The number of hydrogen-bond donors (Lipinski definition) is 0. The minimum Gasteiger partial charge on any atom is -0.357 e. The van der Waals surface area contributed by atoms with Crippen molar-refractivity contribution in [2.45, 2.75) is 32.7 Å². The molecule has 17 heavy (non-hydrogen) atoms. The van der Waals surface area contributed by atoms with Crippen molar-refractivity contribution in [3.05, 3.63) is 18.3 Å². The van der Waals surface area contributed by atoms with E-state index in [1.165, 1.54) is 38.3 Å². The Labute approximate surface area is 105 Å². The second-order valence-electron chi connectivity index (χ2n) is 5.11. The van der Waals surface area contributed by atoms with Crippen LogP contribution in [-0.2, 0) is 7.05 Å². The molecule has 1 aromatic heterocycles. The van der Waals surface area contributed by atoms with Crippen molar-refractivity contribution >= 4 is 5.82 Å². The molecule has 1 aromatic rings. The first-order valence-electron chi connectivity index (χ1n) is 6.82. The SMILES string of the molecule is CCC(C)N1CCCN(c2cccn2C)CC1.